The largest absolute Gasteiger partial charge is 0.491 e. The van der Waals surface area contributed by atoms with Gasteiger partial charge in [-0.15, -0.1) is 5.10 Å². The van der Waals surface area contributed by atoms with E-state index in [0.717, 1.165) is 24.6 Å². The van der Waals surface area contributed by atoms with E-state index >= 15 is 0 Å². The number of fused-ring (bicyclic) bond motifs is 2. The Kier molecular flexibility index (Phi) is 5.38. The summed E-state index contributed by atoms with van der Waals surface area (Å²) in [4.78, 5) is -0.0189. The molecule has 4 rings (SSSR count). The van der Waals surface area contributed by atoms with Gasteiger partial charge in [0, 0.05) is 23.7 Å². The summed E-state index contributed by atoms with van der Waals surface area (Å²) >= 11 is 0. The molecule has 1 aromatic carbocycles. The maximum absolute atomic E-state index is 14.3. The van der Waals surface area contributed by atoms with Crippen LogP contribution in [0.5, 0.6) is 5.75 Å². The van der Waals surface area contributed by atoms with Crippen molar-refractivity contribution in [3.05, 3.63) is 35.9 Å². The predicted molar refractivity (Wildman–Crippen MR) is 110 cm³/mol. The van der Waals surface area contributed by atoms with Gasteiger partial charge in [-0.2, -0.15) is 4.31 Å². The van der Waals surface area contributed by atoms with Gasteiger partial charge in [-0.05, 0) is 50.8 Å². The molecule has 0 saturated carbocycles. The van der Waals surface area contributed by atoms with Gasteiger partial charge in [0.25, 0.3) is 0 Å². The van der Waals surface area contributed by atoms with Crippen molar-refractivity contribution in [2.45, 2.75) is 81.8 Å². The first kappa shape index (κ1) is 21.2. The van der Waals surface area contributed by atoms with E-state index in [4.69, 9.17) is 4.74 Å². The molecule has 9 heteroatoms. The molecule has 2 bridgehead atoms. The van der Waals surface area contributed by atoms with E-state index in [1.54, 1.807) is 11.2 Å². The Labute approximate surface area is 177 Å². The van der Waals surface area contributed by atoms with Crippen molar-refractivity contribution >= 4 is 10.0 Å². The van der Waals surface area contributed by atoms with Gasteiger partial charge < -0.3 is 4.74 Å². The van der Waals surface area contributed by atoms with Crippen LogP contribution in [0.3, 0.4) is 0 Å². The summed E-state index contributed by atoms with van der Waals surface area (Å²) < 4.78 is 49.7. The highest BCUT2D eigenvalue weighted by Gasteiger charge is 2.48. The fourth-order valence-corrected chi connectivity index (χ4v) is 6.45. The van der Waals surface area contributed by atoms with Crippen molar-refractivity contribution < 1.29 is 17.5 Å². The lowest BCUT2D eigenvalue weighted by atomic mass is 9.93. The first-order chi connectivity index (χ1) is 14.1. The van der Waals surface area contributed by atoms with Crippen LogP contribution in [0.2, 0.25) is 0 Å². The minimum absolute atomic E-state index is 0.0189. The minimum atomic E-state index is -3.78. The summed E-state index contributed by atoms with van der Waals surface area (Å²) in [7, 11) is -3.78. The Morgan fingerprint density at radius 3 is 2.37 bits per heavy atom. The molecule has 1 aromatic heterocycles. The number of hydrogen-bond acceptors (Lipinski definition) is 5. The van der Waals surface area contributed by atoms with Crippen molar-refractivity contribution in [1.29, 1.82) is 0 Å². The Balaban J connectivity index is 1.56. The number of rotatable bonds is 5. The number of nitrogens with zero attached hydrogens (tertiary/aromatic N) is 4. The zero-order valence-electron chi connectivity index (χ0n) is 17.9. The lowest BCUT2D eigenvalue weighted by molar-refractivity contribution is 0.183. The van der Waals surface area contributed by atoms with Crippen LogP contribution in [0, 0.1) is 5.82 Å². The second-order valence-corrected chi connectivity index (χ2v) is 11.0. The zero-order valence-corrected chi connectivity index (χ0v) is 18.7. The van der Waals surface area contributed by atoms with Crippen LogP contribution in [0.25, 0.3) is 0 Å². The van der Waals surface area contributed by atoms with E-state index < -0.39 is 15.8 Å². The molecule has 2 fully saturated rings. The number of sulfonamides is 1. The average Bonchev–Trinajstić information content (AvgIpc) is 3.27. The minimum Gasteiger partial charge on any atom is -0.491 e. The van der Waals surface area contributed by atoms with Crippen molar-refractivity contribution in [3.8, 4) is 5.75 Å². The Hall–Kier alpha value is -2.00. The molecule has 3 heterocycles. The first-order valence-electron chi connectivity index (χ1n) is 10.5. The lowest BCUT2D eigenvalue weighted by Gasteiger charge is -2.37. The summed E-state index contributed by atoms with van der Waals surface area (Å²) in [5.74, 6) is -0.587. The molecule has 2 atom stereocenters. The molecule has 0 amide bonds. The second-order valence-electron chi connectivity index (χ2n) is 9.20. The van der Waals surface area contributed by atoms with Gasteiger partial charge in [-0.3, -0.25) is 0 Å². The number of benzene rings is 1. The quantitative estimate of drug-likeness (QED) is 0.715. The highest BCUT2D eigenvalue weighted by Crippen LogP contribution is 2.44. The summed E-state index contributed by atoms with van der Waals surface area (Å²) in [5, 5.41) is 8.63. The van der Waals surface area contributed by atoms with Crippen molar-refractivity contribution in [2.24, 2.45) is 0 Å². The van der Waals surface area contributed by atoms with Gasteiger partial charge in [0.1, 0.15) is 0 Å². The molecule has 2 aliphatic rings. The fraction of sp³-hybridized carbons (Fsp3) is 0.619. The van der Waals surface area contributed by atoms with Gasteiger partial charge in [-0.25, -0.2) is 17.5 Å². The lowest BCUT2D eigenvalue weighted by Crippen LogP contribution is -2.46. The molecular weight excluding hydrogens is 407 g/mol. The van der Waals surface area contributed by atoms with E-state index in [1.807, 2.05) is 10.9 Å². The molecule has 164 valence electrons. The summed E-state index contributed by atoms with van der Waals surface area (Å²) in [6, 6.07) is 3.78. The van der Waals surface area contributed by atoms with E-state index in [9.17, 15) is 12.8 Å². The molecule has 7 nitrogen and oxygen atoms in total. The first-order valence-corrected chi connectivity index (χ1v) is 11.9. The van der Waals surface area contributed by atoms with Crippen LogP contribution in [0.15, 0.2) is 29.3 Å². The van der Waals surface area contributed by atoms with Crippen LogP contribution < -0.4 is 4.74 Å². The average molecular weight is 437 g/mol. The third kappa shape index (κ3) is 3.73. The Morgan fingerprint density at radius 2 is 1.83 bits per heavy atom. The third-order valence-corrected chi connectivity index (χ3v) is 8.07. The van der Waals surface area contributed by atoms with Gasteiger partial charge in [0.2, 0.25) is 10.0 Å². The van der Waals surface area contributed by atoms with Crippen LogP contribution >= 0.6 is 0 Å². The molecule has 0 aliphatic carbocycles. The summed E-state index contributed by atoms with van der Waals surface area (Å²) in [6.45, 7) is 8.36. The van der Waals surface area contributed by atoms with Crippen LogP contribution in [-0.4, -0.2) is 46.4 Å². The number of halogens is 1. The number of hydrogen-bond donors (Lipinski definition) is 0. The predicted octanol–water partition coefficient (Wildman–Crippen LogP) is 3.67. The molecule has 2 aliphatic heterocycles. The van der Waals surface area contributed by atoms with Gasteiger partial charge in [-0.1, -0.05) is 26.0 Å². The van der Waals surface area contributed by atoms with Gasteiger partial charge >= 0.3 is 0 Å². The van der Waals surface area contributed by atoms with Crippen LogP contribution in [0.4, 0.5) is 4.39 Å². The molecule has 2 aromatic rings. The monoisotopic (exact) mass is 436 g/mol. The van der Waals surface area contributed by atoms with E-state index in [1.165, 1.54) is 12.1 Å². The molecule has 2 saturated heterocycles. The maximum Gasteiger partial charge on any atom is 0.243 e. The summed E-state index contributed by atoms with van der Waals surface area (Å²) in [6.07, 6.45) is 4.96. The number of ether oxygens (including phenoxy) is 1. The Morgan fingerprint density at radius 1 is 1.17 bits per heavy atom. The third-order valence-electron chi connectivity index (χ3n) is 6.07. The molecule has 0 spiro atoms. The smallest absolute Gasteiger partial charge is 0.243 e. The van der Waals surface area contributed by atoms with Crippen molar-refractivity contribution in [2.75, 3.05) is 6.61 Å². The van der Waals surface area contributed by atoms with E-state index in [2.05, 4.69) is 31.1 Å². The molecular formula is C21H29FN4O3S. The number of aromatic nitrogens is 3. The van der Waals surface area contributed by atoms with Gasteiger partial charge in [0.05, 0.1) is 23.2 Å². The molecule has 2 unspecified atom stereocenters. The molecule has 0 N–H and O–H groups in total. The van der Waals surface area contributed by atoms with E-state index in [0.29, 0.717) is 19.4 Å². The normalized spacial score (nSPS) is 24.9. The second kappa shape index (κ2) is 7.60. The van der Waals surface area contributed by atoms with Crippen LogP contribution in [0.1, 0.15) is 65.1 Å². The molecule has 30 heavy (non-hydrogen) atoms. The topological polar surface area (TPSA) is 77.3 Å². The Bertz CT molecular complexity index is 1020. The standard InChI is InChI=1S/C21H29FN4O3S/c1-5-29-19-9-8-17(12-18(19)22)30(27,28)26-14-6-7-15(26)11-16(10-14)25-13-20(23-24-25)21(2,3)4/h8-9,12-16H,5-7,10-11H2,1-4H3. The van der Waals surface area contributed by atoms with Gasteiger partial charge in [0.15, 0.2) is 11.6 Å². The fourth-order valence-electron chi connectivity index (χ4n) is 4.55. The molecule has 0 radical (unpaired) electrons. The highest BCUT2D eigenvalue weighted by molar-refractivity contribution is 7.89. The highest BCUT2D eigenvalue weighted by atomic mass is 32.2. The van der Waals surface area contributed by atoms with Crippen molar-refractivity contribution in [3.63, 3.8) is 0 Å². The number of piperidine rings is 1. The maximum atomic E-state index is 14.3. The van der Waals surface area contributed by atoms with E-state index in [-0.39, 0.29) is 34.2 Å². The SMILES string of the molecule is CCOc1ccc(S(=O)(=O)N2C3CCC2CC(n2cc(C(C)(C)C)nn2)C3)cc1F. The zero-order chi connectivity index (χ0) is 21.7. The van der Waals surface area contributed by atoms with Crippen LogP contribution in [-0.2, 0) is 15.4 Å². The van der Waals surface area contributed by atoms with Crippen molar-refractivity contribution in [1.82, 2.24) is 19.3 Å². The summed E-state index contributed by atoms with van der Waals surface area (Å²) in [5.41, 5.74) is 0.841.